The Morgan fingerprint density at radius 3 is 2.23 bits per heavy atom. The van der Waals surface area contributed by atoms with Gasteiger partial charge < -0.3 is 29.9 Å². The first-order valence-corrected chi connectivity index (χ1v) is 16.7. The van der Waals surface area contributed by atoms with Crippen molar-refractivity contribution in [3.05, 3.63) is 130 Å². The summed E-state index contributed by atoms with van der Waals surface area (Å²) in [6.07, 6.45) is 0.369. The zero-order valence-electron chi connectivity index (χ0n) is 26.9. The van der Waals surface area contributed by atoms with Crippen molar-refractivity contribution >= 4 is 17.5 Å². The minimum absolute atomic E-state index is 0.00661. The van der Waals surface area contributed by atoms with E-state index < -0.39 is 11.9 Å². The van der Waals surface area contributed by atoms with Crippen molar-refractivity contribution in [1.29, 1.82) is 0 Å². The summed E-state index contributed by atoms with van der Waals surface area (Å²) in [5.41, 5.74) is 6.03. The van der Waals surface area contributed by atoms with Gasteiger partial charge in [0.1, 0.15) is 0 Å². The van der Waals surface area contributed by atoms with E-state index in [9.17, 15) is 15.0 Å². The van der Waals surface area contributed by atoms with Crippen molar-refractivity contribution in [2.24, 2.45) is 5.92 Å². The zero-order chi connectivity index (χ0) is 33.0. The molecule has 4 aromatic rings. The number of carbonyl (C=O) groups excluding carboxylic acids is 1. The molecule has 2 aliphatic rings. The van der Waals surface area contributed by atoms with Crippen LogP contribution in [0.2, 0.25) is 5.02 Å². The van der Waals surface area contributed by atoms with Crippen LogP contribution in [0.25, 0.3) is 11.1 Å². The molecular weight excluding hydrogens is 612 g/mol. The first-order valence-electron chi connectivity index (χ1n) is 16.4. The molecule has 3 N–H and O–H groups in total. The van der Waals surface area contributed by atoms with Gasteiger partial charge in [0.05, 0.1) is 24.4 Å². The highest BCUT2D eigenvalue weighted by Crippen LogP contribution is 2.43. The third-order valence-electron chi connectivity index (χ3n) is 9.67. The number of ether oxygens (including phenoxy) is 2. The van der Waals surface area contributed by atoms with Gasteiger partial charge in [-0.2, -0.15) is 0 Å². The summed E-state index contributed by atoms with van der Waals surface area (Å²) >= 11 is 6.09. The lowest BCUT2D eigenvalue weighted by Crippen LogP contribution is -2.49. The monoisotopic (exact) mass is 654 g/mol. The van der Waals surface area contributed by atoms with Crippen molar-refractivity contribution in [1.82, 2.24) is 10.2 Å². The Labute approximate surface area is 282 Å². The fraction of sp³-hybridized carbons (Fsp3) is 0.359. The van der Waals surface area contributed by atoms with Crippen LogP contribution in [0.1, 0.15) is 66.9 Å². The molecule has 2 aliphatic heterocycles. The lowest BCUT2D eigenvalue weighted by atomic mass is 9.84. The predicted molar refractivity (Wildman–Crippen MR) is 183 cm³/mol. The topological polar surface area (TPSA) is 91.3 Å². The average molecular weight is 655 g/mol. The standard InChI is InChI=1S/C39H43ClN2O5/c1-26-36(24-42-21-19-39(45,20-22-42)33-15-17-34(40)18-16-33)46-38(47-37(26)30-9-7-28(25-43)8-10-30)31-13-11-29(12-14-31)35-6-4-3-5-32(35)23-41-27(2)44/h3-18,26,36-38,43,45H,19-25H2,1-2H3,(H,41,44)/t26-,36+,37+,38+/m0/s1. The number of aliphatic hydroxyl groups is 2. The van der Waals surface area contributed by atoms with E-state index in [1.807, 2.05) is 66.7 Å². The summed E-state index contributed by atoms with van der Waals surface area (Å²) in [5.74, 6) is -0.00360. The Morgan fingerprint density at radius 1 is 0.915 bits per heavy atom. The van der Waals surface area contributed by atoms with E-state index in [1.165, 1.54) is 6.92 Å². The number of benzene rings is 4. The van der Waals surface area contributed by atoms with E-state index in [2.05, 4.69) is 47.5 Å². The van der Waals surface area contributed by atoms with E-state index in [0.717, 1.165) is 58.6 Å². The summed E-state index contributed by atoms with van der Waals surface area (Å²) < 4.78 is 13.4. The highest BCUT2D eigenvalue weighted by molar-refractivity contribution is 6.30. The van der Waals surface area contributed by atoms with E-state index in [-0.39, 0.29) is 30.6 Å². The van der Waals surface area contributed by atoms with Crippen LogP contribution >= 0.6 is 11.6 Å². The van der Waals surface area contributed by atoms with Crippen LogP contribution in [-0.2, 0) is 33.0 Å². The second-order valence-corrected chi connectivity index (χ2v) is 13.3. The van der Waals surface area contributed by atoms with Gasteiger partial charge in [0.2, 0.25) is 5.91 Å². The van der Waals surface area contributed by atoms with Crippen LogP contribution < -0.4 is 5.32 Å². The highest BCUT2D eigenvalue weighted by atomic mass is 35.5. The molecule has 8 heteroatoms. The summed E-state index contributed by atoms with van der Waals surface area (Å²) in [6.45, 7) is 6.38. The number of nitrogens with one attached hydrogen (secondary N) is 1. The van der Waals surface area contributed by atoms with Crippen LogP contribution in [0.3, 0.4) is 0 Å². The van der Waals surface area contributed by atoms with Crippen LogP contribution in [0.15, 0.2) is 97.1 Å². The maximum Gasteiger partial charge on any atom is 0.217 e. The van der Waals surface area contributed by atoms with Gasteiger partial charge in [-0.05, 0) is 58.4 Å². The fourth-order valence-corrected chi connectivity index (χ4v) is 6.86. The third-order valence-corrected chi connectivity index (χ3v) is 9.92. The predicted octanol–water partition coefficient (Wildman–Crippen LogP) is 6.91. The van der Waals surface area contributed by atoms with Crippen LogP contribution in [0.4, 0.5) is 0 Å². The van der Waals surface area contributed by atoms with Crippen molar-refractivity contribution in [2.45, 2.75) is 63.9 Å². The molecule has 0 bridgehead atoms. The minimum atomic E-state index is -0.870. The Kier molecular flexibility index (Phi) is 10.4. The molecule has 4 aromatic carbocycles. The molecule has 0 radical (unpaired) electrons. The fourth-order valence-electron chi connectivity index (χ4n) is 6.73. The van der Waals surface area contributed by atoms with Gasteiger partial charge in [0.15, 0.2) is 6.29 Å². The molecule has 2 fully saturated rings. The van der Waals surface area contributed by atoms with Crippen molar-refractivity contribution < 1.29 is 24.5 Å². The van der Waals surface area contributed by atoms with Gasteiger partial charge in [-0.3, -0.25) is 4.79 Å². The maximum absolute atomic E-state index is 11.6. The van der Waals surface area contributed by atoms with Crippen molar-refractivity contribution in [3.63, 3.8) is 0 Å². The average Bonchev–Trinajstić information content (AvgIpc) is 3.10. The number of hydrogen-bond acceptors (Lipinski definition) is 6. The lowest BCUT2D eigenvalue weighted by Gasteiger charge is -2.45. The van der Waals surface area contributed by atoms with Crippen molar-refractivity contribution in [2.75, 3.05) is 19.6 Å². The van der Waals surface area contributed by atoms with Gasteiger partial charge in [0.25, 0.3) is 0 Å². The molecular formula is C39H43ClN2O5. The van der Waals surface area contributed by atoms with Gasteiger partial charge in [0, 0.05) is 49.6 Å². The molecule has 0 saturated carbocycles. The summed E-state index contributed by atoms with van der Waals surface area (Å²) in [4.78, 5) is 13.9. The van der Waals surface area contributed by atoms with E-state index >= 15 is 0 Å². The largest absolute Gasteiger partial charge is 0.392 e. The van der Waals surface area contributed by atoms with Crippen LogP contribution in [0, 0.1) is 5.92 Å². The molecule has 0 aromatic heterocycles. The number of halogens is 1. The number of rotatable bonds is 9. The number of aliphatic hydroxyl groups excluding tert-OH is 1. The molecule has 0 spiro atoms. The normalized spacial score (nSPS) is 22.9. The molecule has 0 aliphatic carbocycles. The maximum atomic E-state index is 11.6. The number of nitrogens with zero attached hydrogens (tertiary/aromatic N) is 1. The Morgan fingerprint density at radius 2 is 1.57 bits per heavy atom. The molecule has 4 atom stereocenters. The van der Waals surface area contributed by atoms with Gasteiger partial charge >= 0.3 is 0 Å². The third kappa shape index (κ3) is 7.78. The quantitative estimate of drug-likeness (QED) is 0.182. The summed E-state index contributed by atoms with van der Waals surface area (Å²) in [6, 6.07) is 31.8. The lowest BCUT2D eigenvalue weighted by molar-refractivity contribution is -0.277. The van der Waals surface area contributed by atoms with Gasteiger partial charge in [-0.15, -0.1) is 0 Å². The van der Waals surface area contributed by atoms with E-state index in [1.54, 1.807) is 0 Å². The van der Waals surface area contributed by atoms with Crippen molar-refractivity contribution in [3.8, 4) is 11.1 Å². The van der Waals surface area contributed by atoms with Crippen LogP contribution in [-0.4, -0.2) is 46.8 Å². The molecule has 2 saturated heterocycles. The smallest absolute Gasteiger partial charge is 0.217 e. The molecule has 7 nitrogen and oxygen atoms in total. The number of likely N-dealkylation sites (tertiary alicyclic amines) is 1. The van der Waals surface area contributed by atoms with E-state index in [0.29, 0.717) is 24.4 Å². The highest BCUT2D eigenvalue weighted by Gasteiger charge is 2.41. The Balaban J connectivity index is 1.21. The van der Waals surface area contributed by atoms with Gasteiger partial charge in [-0.1, -0.05) is 103 Å². The summed E-state index contributed by atoms with van der Waals surface area (Å²) in [5, 5.41) is 24.6. The molecule has 2 heterocycles. The first-order chi connectivity index (χ1) is 22.7. The number of hydrogen-bond donors (Lipinski definition) is 3. The first kappa shape index (κ1) is 33.3. The number of piperidine rings is 1. The number of amides is 1. The molecule has 6 rings (SSSR count). The molecule has 1 amide bonds. The van der Waals surface area contributed by atoms with E-state index in [4.69, 9.17) is 21.1 Å². The van der Waals surface area contributed by atoms with Gasteiger partial charge in [-0.25, -0.2) is 0 Å². The molecule has 246 valence electrons. The molecule has 0 unspecified atom stereocenters. The molecule has 47 heavy (non-hydrogen) atoms. The number of carbonyl (C=O) groups is 1. The van der Waals surface area contributed by atoms with Crippen LogP contribution in [0.5, 0.6) is 0 Å². The second-order valence-electron chi connectivity index (χ2n) is 12.8. The zero-order valence-corrected chi connectivity index (χ0v) is 27.7. The Hall–Kier alpha value is -3.56. The summed E-state index contributed by atoms with van der Waals surface area (Å²) in [7, 11) is 0. The second kappa shape index (κ2) is 14.7. The minimum Gasteiger partial charge on any atom is -0.392 e. The Bertz CT molecular complexity index is 1640. The SMILES string of the molecule is CC(=O)NCc1ccccc1-c1ccc([C@@H]2O[C@H](CN3CCC(O)(c4ccc(Cl)cc4)CC3)[C@H](C)[C@H](c3ccc(CO)cc3)O2)cc1.